The van der Waals surface area contributed by atoms with Crippen LogP contribution in [0.5, 0.6) is 5.75 Å². The molecular weight excluding hydrogens is 210 g/mol. The monoisotopic (exact) mass is 231 g/mol. The van der Waals surface area contributed by atoms with E-state index in [9.17, 15) is 0 Å². The number of hydrogen-bond donors (Lipinski definition) is 0. The van der Waals surface area contributed by atoms with E-state index in [1.807, 2.05) is 6.07 Å². The van der Waals surface area contributed by atoms with E-state index < -0.39 is 0 Å². The Morgan fingerprint density at radius 1 is 1.18 bits per heavy atom. The van der Waals surface area contributed by atoms with Crippen molar-refractivity contribution in [2.45, 2.75) is 33.2 Å². The average molecular weight is 231 g/mol. The summed E-state index contributed by atoms with van der Waals surface area (Å²) in [6, 6.07) is 8.97. The molecule has 2 rings (SSSR count). The lowest BCUT2D eigenvalue weighted by molar-refractivity contribution is 0.415. The fourth-order valence-electron chi connectivity index (χ4n) is 2.45. The molecule has 0 radical (unpaired) electrons. The normalized spacial score (nSPS) is 13.2. The first kappa shape index (κ1) is 12.0. The van der Waals surface area contributed by atoms with Crippen molar-refractivity contribution in [3.05, 3.63) is 30.5 Å². The van der Waals surface area contributed by atoms with E-state index in [0.29, 0.717) is 6.04 Å². The molecule has 0 bridgehead atoms. The molecule has 0 spiro atoms. The summed E-state index contributed by atoms with van der Waals surface area (Å²) in [6.07, 6.45) is 3.38. The van der Waals surface area contributed by atoms with Crippen LogP contribution < -0.4 is 4.74 Å². The fourth-order valence-corrected chi connectivity index (χ4v) is 2.45. The van der Waals surface area contributed by atoms with E-state index in [2.05, 4.69) is 49.7 Å². The number of rotatable bonds is 4. The molecule has 0 N–H and O–H groups in total. The lowest BCUT2D eigenvalue weighted by Gasteiger charge is -2.17. The van der Waals surface area contributed by atoms with E-state index in [1.165, 1.54) is 17.3 Å². The minimum absolute atomic E-state index is 0.542. The summed E-state index contributed by atoms with van der Waals surface area (Å²) in [6.45, 7) is 6.82. The highest BCUT2D eigenvalue weighted by Gasteiger charge is 2.10. The molecular formula is C15H21NO. The van der Waals surface area contributed by atoms with E-state index in [0.717, 1.165) is 11.7 Å². The zero-order chi connectivity index (χ0) is 12.4. The Hall–Kier alpha value is -1.44. The molecule has 0 saturated carbocycles. The third-order valence-electron chi connectivity index (χ3n) is 3.21. The van der Waals surface area contributed by atoms with Crippen molar-refractivity contribution in [1.29, 1.82) is 0 Å². The van der Waals surface area contributed by atoms with Gasteiger partial charge in [-0.2, -0.15) is 0 Å². The minimum Gasteiger partial charge on any atom is -0.497 e. The lowest BCUT2D eigenvalue weighted by atomic mass is 10.1. The van der Waals surface area contributed by atoms with Gasteiger partial charge in [0.05, 0.1) is 7.11 Å². The zero-order valence-corrected chi connectivity index (χ0v) is 11.1. The first-order valence-corrected chi connectivity index (χ1v) is 6.26. The Morgan fingerprint density at radius 2 is 1.94 bits per heavy atom. The van der Waals surface area contributed by atoms with Crippen molar-refractivity contribution in [3.8, 4) is 5.75 Å². The minimum atomic E-state index is 0.542. The van der Waals surface area contributed by atoms with Crippen molar-refractivity contribution in [2.75, 3.05) is 7.11 Å². The van der Waals surface area contributed by atoms with Gasteiger partial charge in [-0.1, -0.05) is 13.8 Å². The molecule has 1 aromatic heterocycles. The van der Waals surface area contributed by atoms with E-state index in [-0.39, 0.29) is 0 Å². The Morgan fingerprint density at radius 3 is 2.59 bits per heavy atom. The van der Waals surface area contributed by atoms with Crippen LogP contribution in [0.25, 0.3) is 10.9 Å². The molecule has 2 nitrogen and oxygen atoms in total. The fraction of sp³-hybridized carbons (Fsp3) is 0.467. The van der Waals surface area contributed by atoms with Gasteiger partial charge in [0.2, 0.25) is 0 Å². The maximum Gasteiger partial charge on any atom is 0.119 e. The van der Waals surface area contributed by atoms with Gasteiger partial charge in [-0.25, -0.2) is 0 Å². The van der Waals surface area contributed by atoms with Gasteiger partial charge in [0.15, 0.2) is 0 Å². The van der Waals surface area contributed by atoms with Crippen LogP contribution in [0, 0.1) is 5.92 Å². The molecule has 1 aromatic carbocycles. The molecule has 0 aliphatic rings. The van der Waals surface area contributed by atoms with Crippen LogP contribution in [0.2, 0.25) is 0 Å². The Bertz CT molecular complexity index is 499. The standard InChI is InChI=1S/C15H21NO/c1-11(2)9-12(3)16-8-7-13-10-14(17-4)5-6-15(13)16/h5-8,10-12H,9H2,1-4H3. The number of fused-ring (bicyclic) bond motifs is 1. The van der Waals surface area contributed by atoms with Crippen LogP contribution in [-0.2, 0) is 0 Å². The molecule has 0 aliphatic carbocycles. The summed E-state index contributed by atoms with van der Waals surface area (Å²) < 4.78 is 7.60. The van der Waals surface area contributed by atoms with Crippen LogP contribution in [0.3, 0.4) is 0 Å². The van der Waals surface area contributed by atoms with Gasteiger partial charge < -0.3 is 9.30 Å². The molecule has 0 fully saturated rings. The van der Waals surface area contributed by atoms with Crippen molar-refractivity contribution in [2.24, 2.45) is 5.92 Å². The number of methoxy groups -OCH3 is 1. The van der Waals surface area contributed by atoms with Crippen LogP contribution in [0.1, 0.15) is 33.2 Å². The number of benzene rings is 1. The molecule has 1 atom stereocenters. The molecule has 2 heteroatoms. The summed E-state index contributed by atoms with van der Waals surface area (Å²) in [4.78, 5) is 0. The smallest absolute Gasteiger partial charge is 0.119 e. The van der Waals surface area contributed by atoms with E-state index in [1.54, 1.807) is 7.11 Å². The number of nitrogens with zero attached hydrogens (tertiary/aromatic N) is 1. The summed E-state index contributed by atoms with van der Waals surface area (Å²) >= 11 is 0. The molecule has 92 valence electrons. The van der Waals surface area contributed by atoms with Gasteiger partial charge in [-0.15, -0.1) is 0 Å². The zero-order valence-electron chi connectivity index (χ0n) is 11.1. The van der Waals surface area contributed by atoms with Crippen LogP contribution in [0.4, 0.5) is 0 Å². The maximum absolute atomic E-state index is 5.25. The quantitative estimate of drug-likeness (QED) is 0.767. The molecule has 2 aromatic rings. The SMILES string of the molecule is COc1ccc2c(ccn2C(C)CC(C)C)c1. The van der Waals surface area contributed by atoms with Crippen LogP contribution in [0.15, 0.2) is 30.5 Å². The summed E-state index contributed by atoms with van der Waals surface area (Å²) in [5.41, 5.74) is 1.29. The van der Waals surface area contributed by atoms with Crippen molar-refractivity contribution < 1.29 is 4.74 Å². The largest absolute Gasteiger partial charge is 0.497 e. The highest BCUT2D eigenvalue weighted by molar-refractivity contribution is 5.81. The molecule has 1 heterocycles. The predicted octanol–water partition coefficient (Wildman–Crippen LogP) is 4.26. The molecule has 0 saturated heterocycles. The van der Waals surface area contributed by atoms with Crippen molar-refractivity contribution >= 4 is 10.9 Å². The van der Waals surface area contributed by atoms with Gasteiger partial charge >= 0.3 is 0 Å². The molecule has 0 amide bonds. The second-order valence-corrected chi connectivity index (χ2v) is 5.13. The van der Waals surface area contributed by atoms with Gasteiger partial charge in [0.25, 0.3) is 0 Å². The second kappa shape index (κ2) is 4.82. The average Bonchev–Trinajstić information content (AvgIpc) is 2.70. The highest BCUT2D eigenvalue weighted by Crippen LogP contribution is 2.26. The summed E-state index contributed by atoms with van der Waals surface area (Å²) in [5.74, 6) is 1.65. The molecule has 0 aliphatic heterocycles. The number of ether oxygens (including phenoxy) is 1. The Balaban J connectivity index is 2.36. The maximum atomic E-state index is 5.25. The van der Waals surface area contributed by atoms with Crippen molar-refractivity contribution in [1.82, 2.24) is 4.57 Å². The lowest BCUT2D eigenvalue weighted by Crippen LogP contribution is -2.06. The third kappa shape index (κ3) is 2.46. The molecule has 1 unspecified atom stereocenters. The van der Waals surface area contributed by atoms with E-state index in [4.69, 9.17) is 4.74 Å². The topological polar surface area (TPSA) is 14.2 Å². The molecule has 17 heavy (non-hydrogen) atoms. The van der Waals surface area contributed by atoms with E-state index >= 15 is 0 Å². The summed E-state index contributed by atoms with van der Waals surface area (Å²) in [5, 5.41) is 1.25. The predicted molar refractivity (Wildman–Crippen MR) is 72.7 cm³/mol. The van der Waals surface area contributed by atoms with Crippen molar-refractivity contribution in [3.63, 3.8) is 0 Å². The van der Waals surface area contributed by atoms with Gasteiger partial charge in [-0.05, 0) is 43.5 Å². The van der Waals surface area contributed by atoms with Crippen LogP contribution >= 0.6 is 0 Å². The first-order chi connectivity index (χ1) is 8.11. The number of hydrogen-bond acceptors (Lipinski definition) is 1. The highest BCUT2D eigenvalue weighted by atomic mass is 16.5. The Kier molecular flexibility index (Phi) is 3.41. The van der Waals surface area contributed by atoms with Gasteiger partial charge in [-0.3, -0.25) is 0 Å². The van der Waals surface area contributed by atoms with Gasteiger partial charge in [0.1, 0.15) is 5.75 Å². The van der Waals surface area contributed by atoms with Crippen LogP contribution in [-0.4, -0.2) is 11.7 Å². The second-order valence-electron chi connectivity index (χ2n) is 5.13. The number of aromatic nitrogens is 1. The first-order valence-electron chi connectivity index (χ1n) is 6.26. The Labute approximate surface area is 103 Å². The third-order valence-corrected chi connectivity index (χ3v) is 3.21. The summed E-state index contributed by atoms with van der Waals surface area (Å²) in [7, 11) is 1.71. The van der Waals surface area contributed by atoms with Gasteiger partial charge in [0, 0.05) is 23.1 Å².